The highest BCUT2D eigenvalue weighted by Gasteiger charge is 2.33. The highest BCUT2D eigenvalue weighted by Crippen LogP contribution is 2.21. The third-order valence-electron chi connectivity index (χ3n) is 4.24. The molecular weight excluding hydrogens is 226 g/mol. The van der Waals surface area contributed by atoms with Gasteiger partial charge in [-0.3, -0.25) is 4.79 Å². The van der Waals surface area contributed by atoms with Crippen LogP contribution in [0.1, 0.15) is 39.0 Å². The zero-order chi connectivity index (χ0) is 13.0. The third kappa shape index (κ3) is 3.23. The van der Waals surface area contributed by atoms with Gasteiger partial charge in [-0.25, -0.2) is 0 Å². The second-order valence-electron chi connectivity index (χ2n) is 5.72. The molecule has 0 radical (unpaired) electrons. The van der Waals surface area contributed by atoms with Crippen LogP contribution in [0.4, 0.5) is 0 Å². The Hall–Kier alpha value is -0.610. The first-order chi connectivity index (χ1) is 8.72. The molecule has 2 saturated heterocycles. The highest BCUT2D eigenvalue weighted by molar-refractivity contribution is 5.83. The number of nitrogens with zero attached hydrogens (tertiary/aromatic N) is 2. The summed E-state index contributed by atoms with van der Waals surface area (Å²) in [5.41, 5.74) is 0. The lowest BCUT2D eigenvalue weighted by Crippen LogP contribution is -2.56. The van der Waals surface area contributed by atoms with Crippen molar-refractivity contribution in [3.8, 4) is 0 Å². The van der Waals surface area contributed by atoms with Crippen LogP contribution < -0.4 is 5.32 Å². The van der Waals surface area contributed by atoms with Crippen molar-refractivity contribution in [3.05, 3.63) is 0 Å². The highest BCUT2D eigenvalue weighted by atomic mass is 16.2. The minimum absolute atomic E-state index is 0.0818. The van der Waals surface area contributed by atoms with Crippen LogP contribution in [0.3, 0.4) is 0 Å². The van der Waals surface area contributed by atoms with Crippen LogP contribution in [0.5, 0.6) is 0 Å². The van der Waals surface area contributed by atoms with Crippen molar-refractivity contribution in [1.29, 1.82) is 0 Å². The Kier molecular flexibility index (Phi) is 5.01. The van der Waals surface area contributed by atoms with Crippen LogP contribution in [0.15, 0.2) is 0 Å². The zero-order valence-corrected chi connectivity index (χ0v) is 11.8. The molecule has 0 aliphatic carbocycles. The molecule has 18 heavy (non-hydrogen) atoms. The van der Waals surface area contributed by atoms with Crippen molar-refractivity contribution in [2.24, 2.45) is 0 Å². The van der Waals surface area contributed by atoms with E-state index in [-0.39, 0.29) is 6.04 Å². The maximum absolute atomic E-state index is 12.5. The Bertz CT molecular complexity index is 274. The second-order valence-corrected chi connectivity index (χ2v) is 5.72. The van der Waals surface area contributed by atoms with E-state index >= 15 is 0 Å². The van der Waals surface area contributed by atoms with E-state index in [0.717, 1.165) is 58.3 Å². The molecular formula is C14H27N3O. The van der Waals surface area contributed by atoms with E-state index in [0.29, 0.717) is 11.9 Å². The van der Waals surface area contributed by atoms with E-state index in [4.69, 9.17) is 0 Å². The molecule has 2 rings (SSSR count). The van der Waals surface area contributed by atoms with Gasteiger partial charge in [0.15, 0.2) is 0 Å². The maximum Gasteiger partial charge on any atom is 0.239 e. The number of piperidine rings is 2. The predicted molar refractivity (Wildman–Crippen MR) is 73.5 cm³/mol. The van der Waals surface area contributed by atoms with E-state index in [1.165, 1.54) is 0 Å². The molecule has 4 nitrogen and oxygen atoms in total. The molecule has 2 aliphatic rings. The van der Waals surface area contributed by atoms with Crippen molar-refractivity contribution in [2.45, 2.75) is 51.1 Å². The second kappa shape index (κ2) is 6.53. The van der Waals surface area contributed by atoms with Crippen molar-refractivity contribution in [1.82, 2.24) is 15.1 Å². The van der Waals surface area contributed by atoms with Gasteiger partial charge < -0.3 is 15.1 Å². The number of carbonyl (C=O) groups is 1. The van der Waals surface area contributed by atoms with E-state index in [1.807, 2.05) is 0 Å². The van der Waals surface area contributed by atoms with Gasteiger partial charge in [0.25, 0.3) is 0 Å². The van der Waals surface area contributed by atoms with Gasteiger partial charge in [-0.15, -0.1) is 0 Å². The number of hydrogen-bond donors (Lipinski definition) is 1. The van der Waals surface area contributed by atoms with Crippen LogP contribution in [0.25, 0.3) is 0 Å². The van der Waals surface area contributed by atoms with Crippen molar-refractivity contribution < 1.29 is 4.79 Å². The first kappa shape index (κ1) is 13.8. The quantitative estimate of drug-likeness (QED) is 0.814. The molecule has 1 amide bonds. The molecule has 1 unspecified atom stereocenters. The maximum atomic E-state index is 12.5. The molecule has 1 N–H and O–H groups in total. The van der Waals surface area contributed by atoms with Gasteiger partial charge in [0.1, 0.15) is 0 Å². The lowest BCUT2D eigenvalue weighted by Gasteiger charge is -2.41. The fourth-order valence-electron chi connectivity index (χ4n) is 3.08. The molecule has 2 fully saturated rings. The average Bonchev–Trinajstić information content (AvgIpc) is 2.39. The first-order valence-electron chi connectivity index (χ1n) is 7.44. The standard InChI is InChI=1S/C14H27N3O/c1-3-8-15-13-5-4-9-17(14(13)18)12-6-10-16(2)11-7-12/h12-13,15H,3-11H2,1-2H3. The Morgan fingerprint density at radius 1 is 1.22 bits per heavy atom. The summed E-state index contributed by atoms with van der Waals surface area (Å²) in [6, 6.07) is 0.568. The number of nitrogens with one attached hydrogen (secondary N) is 1. The zero-order valence-electron chi connectivity index (χ0n) is 11.8. The Balaban J connectivity index is 1.89. The number of likely N-dealkylation sites (tertiary alicyclic amines) is 2. The summed E-state index contributed by atoms with van der Waals surface area (Å²) in [7, 11) is 2.17. The lowest BCUT2D eigenvalue weighted by molar-refractivity contribution is -0.139. The molecule has 104 valence electrons. The van der Waals surface area contributed by atoms with Crippen molar-refractivity contribution in [2.75, 3.05) is 33.2 Å². The Labute approximate surface area is 111 Å². The van der Waals surface area contributed by atoms with Crippen LogP contribution in [-0.4, -0.2) is 61.0 Å². The summed E-state index contributed by atoms with van der Waals surface area (Å²) in [5.74, 6) is 0.351. The predicted octanol–water partition coefficient (Wildman–Crippen LogP) is 1.07. The fraction of sp³-hybridized carbons (Fsp3) is 0.929. The molecule has 4 heteroatoms. The van der Waals surface area contributed by atoms with Gasteiger partial charge in [-0.2, -0.15) is 0 Å². The summed E-state index contributed by atoms with van der Waals surface area (Å²) < 4.78 is 0. The normalized spacial score (nSPS) is 27.8. The Morgan fingerprint density at radius 2 is 1.94 bits per heavy atom. The molecule has 0 saturated carbocycles. The smallest absolute Gasteiger partial charge is 0.239 e. The summed E-state index contributed by atoms with van der Waals surface area (Å²) >= 11 is 0. The van der Waals surface area contributed by atoms with E-state index in [2.05, 4.69) is 29.1 Å². The van der Waals surface area contributed by atoms with Crippen LogP contribution in [0, 0.1) is 0 Å². The van der Waals surface area contributed by atoms with Crippen LogP contribution >= 0.6 is 0 Å². The summed E-state index contributed by atoms with van der Waals surface area (Å²) in [5, 5.41) is 3.40. The van der Waals surface area contributed by atoms with Gasteiger partial charge in [0, 0.05) is 12.6 Å². The number of carbonyl (C=O) groups excluding carboxylic acids is 1. The van der Waals surface area contributed by atoms with E-state index < -0.39 is 0 Å². The fourth-order valence-corrected chi connectivity index (χ4v) is 3.08. The van der Waals surface area contributed by atoms with Crippen LogP contribution in [0.2, 0.25) is 0 Å². The molecule has 2 heterocycles. The van der Waals surface area contributed by atoms with Crippen LogP contribution in [-0.2, 0) is 4.79 Å². The topological polar surface area (TPSA) is 35.6 Å². The van der Waals surface area contributed by atoms with E-state index in [1.54, 1.807) is 0 Å². The molecule has 0 aromatic rings. The first-order valence-corrected chi connectivity index (χ1v) is 7.44. The molecule has 2 aliphatic heterocycles. The molecule has 0 bridgehead atoms. The summed E-state index contributed by atoms with van der Waals surface area (Å²) in [6.45, 7) is 6.33. The summed E-state index contributed by atoms with van der Waals surface area (Å²) in [4.78, 5) is 17.0. The van der Waals surface area contributed by atoms with Gasteiger partial charge in [-0.05, 0) is 58.8 Å². The molecule has 0 aromatic carbocycles. The number of amides is 1. The average molecular weight is 253 g/mol. The molecule has 0 spiro atoms. The van der Waals surface area contributed by atoms with Gasteiger partial charge in [0.05, 0.1) is 6.04 Å². The molecule has 0 aromatic heterocycles. The van der Waals surface area contributed by atoms with Gasteiger partial charge >= 0.3 is 0 Å². The van der Waals surface area contributed by atoms with E-state index in [9.17, 15) is 4.79 Å². The minimum Gasteiger partial charge on any atom is -0.338 e. The Morgan fingerprint density at radius 3 is 2.61 bits per heavy atom. The van der Waals surface area contributed by atoms with Gasteiger partial charge in [-0.1, -0.05) is 6.92 Å². The lowest BCUT2D eigenvalue weighted by atomic mass is 9.97. The largest absolute Gasteiger partial charge is 0.338 e. The van der Waals surface area contributed by atoms with Gasteiger partial charge in [0.2, 0.25) is 5.91 Å². The monoisotopic (exact) mass is 253 g/mol. The SMILES string of the molecule is CCCNC1CCCN(C2CCN(C)CC2)C1=O. The van der Waals surface area contributed by atoms with Crippen molar-refractivity contribution in [3.63, 3.8) is 0 Å². The molecule has 1 atom stereocenters. The van der Waals surface area contributed by atoms with Crippen molar-refractivity contribution >= 4 is 5.91 Å². The minimum atomic E-state index is 0.0818. The third-order valence-corrected chi connectivity index (χ3v) is 4.24. The number of rotatable bonds is 4. The summed E-state index contributed by atoms with van der Waals surface area (Å²) in [6.07, 6.45) is 5.55. The number of hydrogen-bond acceptors (Lipinski definition) is 3.